The van der Waals surface area contributed by atoms with E-state index in [2.05, 4.69) is 11.0 Å². The summed E-state index contributed by atoms with van der Waals surface area (Å²) in [5, 5.41) is 9.56. The molecule has 1 unspecified atom stereocenters. The molecule has 0 saturated heterocycles. The van der Waals surface area contributed by atoms with Crippen molar-refractivity contribution in [3.63, 3.8) is 0 Å². The molecule has 0 fully saturated rings. The van der Waals surface area contributed by atoms with Crippen LogP contribution in [0.25, 0.3) is 0 Å². The van der Waals surface area contributed by atoms with Gasteiger partial charge in [-0.05, 0) is 31.5 Å². The zero-order valence-electron chi connectivity index (χ0n) is 11.0. The zero-order chi connectivity index (χ0) is 12.7. The van der Waals surface area contributed by atoms with Crippen molar-refractivity contribution in [2.75, 3.05) is 27.2 Å². The summed E-state index contributed by atoms with van der Waals surface area (Å²) in [4.78, 5) is 2.15. The molecule has 1 rings (SSSR count). The van der Waals surface area contributed by atoms with Crippen LogP contribution in [0.1, 0.15) is 18.9 Å². The Hall–Kier alpha value is -1.06. The maximum Gasteiger partial charge on any atom is 0.122 e. The average Bonchev–Trinajstić information content (AvgIpc) is 2.36. The highest BCUT2D eigenvalue weighted by molar-refractivity contribution is 5.33. The molecule has 0 spiro atoms. The number of likely N-dealkylation sites (N-methyl/N-ethyl adjacent to an activating group) is 1. The van der Waals surface area contributed by atoms with Crippen molar-refractivity contribution in [1.82, 2.24) is 4.90 Å². The van der Waals surface area contributed by atoms with Crippen LogP contribution in [0, 0.1) is 0 Å². The van der Waals surface area contributed by atoms with E-state index in [1.165, 1.54) is 5.56 Å². The fourth-order valence-electron chi connectivity index (χ4n) is 1.80. The Morgan fingerprint density at radius 3 is 2.71 bits per heavy atom. The summed E-state index contributed by atoms with van der Waals surface area (Å²) in [7, 11) is 3.73. The van der Waals surface area contributed by atoms with Crippen molar-refractivity contribution in [3.8, 4) is 5.75 Å². The van der Waals surface area contributed by atoms with Crippen LogP contribution in [-0.2, 0) is 6.42 Å². The summed E-state index contributed by atoms with van der Waals surface area (Å²) in [6, 6.07) is 8.07. The highest BCUT2D eigenvalue weighted by Gasteiger charge is 2.07. The summed E-state index contributed by atoms with van der Waals surface area (Å²) in [6.07, 6.45) is 1.52. The largest absolute Gasteiger partial charge is 0.496 e. The van der Waals surface area contributed by atoms with Gasteiger partial charge in [-0.15, -0.1) is 0 Å². The van der Waals surface area contributed by atoms with E-state index in [0.717, 1.165) is 31.7 Å². The van der Waals surface area contributed by atoms with Crippen molar-refractivity contribution in [3.05, 3.63) is 29.8 Å². The van der Waals surface area contributed by atoms with Gasteiger partial charge in [0, 0.05) is 13.1 Å². The number of hydrogen-bond acceptors (Lipinski definition) is 3. The third-order valence-corrected chi connectivity index (χ3v) is 2.95. The van der Waals surface area contributed by atoms with E-state index in [1.807, 2.05) is 32.2 Å². The number of aliphatic hydroxyl groups excluding tert-OH is 1. The third-order valence-electron chi connectivity index (χ3n) is 2.95. The smallest absolute Gasteiger partial charge is 0.122 e. The normalized spacial score (nSPS) is 12.8. The lowest BCUT2D eigenvalue weighted by Gasteiger charge is -2.20. The van der Waals surface area contributed by atoms with Crippen molar-refractivity contribution in [2.24, 2.45) is 0 Å². The minimum absolute atomic E-state index is 0.224. The molecule has 0 aromatic heterocycles. The number of hydrogen-bond donors (Lipinski definition) is 1. The summed E-state index contributed by atoms with van der Waals surface area (Å²) in [5.74, 6) is 0.942. The molecule has 1 aromatic carbocycles. The Morgan fingerprint density at radius 2 is 2.06 bits per heavy atom. The quantitative estimate of drug-likeness (QED) is 0.786. The summed E-state index contributed by atoms with van der Waals surface area (Å²) in [5.41, 5.74) is 1.22. The number of ether oxygens (including phenoxy) is 1. The zero-order valence-corrected chi connectivity index (χ0v) is 11.0. The van der Waals surface area contributed by atoms with Gasteiger partial charge in [0.1, 0.15) is 5.75 Å². The molecule has 0 aliphatic rings. The topological polar surface area (TPSA) is 32.7 Å². The van der Waals surface area contributed by atoms with Gasteiger partial charge in [-0.2, -0.15) is 0 Å². The Morgan fingerprint density at radius 1 is 1.35 bits per heavy atom. The average molecular weight is 237 g/mol. The lowest BCUT2D eigenvalue weighted by atomic mass is 10.1. The lowest BCUT2D eigenvalue weighted by molar-refractivity contribution is 0.123. The van der Waals surface area contributed by atoms with Gasteiger partial charge in [0.2, 0.25) is 0 Å². The molecule has 0 amide bonds. The first-order valence-corrected chi connectivity index (χ1v) is 6.15. The minimum atomic E-state index is -0.224. The van der Waals surface area contributed by atoms with Crippen molar-refractivity contribution >= 4 is 0 Å². The van der Waals surface area contributed by atoms with Gasteiger partial charge in [-0.1, -0.05) is 25.1 Å². The van der Waals surface area contributed by atoms with Crippen LogP contribution in [0.15, 0.2) is 24.3 Å². The highest BCUT2D eigenvalue weighted by Crippen LogP contribution is 2.17. The van der Waals surface area contributed by atoms with Gasteiger partial charge in [0.05, 0.1) is 13.2 Å². The molecule has 0 aliphatic carbocycles. The van der Waals surface area contributed by atoms with Crippen molar-refractivity contribution in [2.45, 2.75) is 25.9 Å². The van der Waals surface area contributed by atoms with Crippen LogP contribution >= 0.6 is 0 Å². The third kappa shape index (κ3) is 4.75. The van der Waals surface area contributed by atoms with Crippen LogP contribution in [0.5, 0.6) is 5.75 Å². The highest BCUT2D eigenvalue weighted by atomic mass is 16.5. The van der Waals surface area contributed by atoms with Crippen LogP contribution in [0.4, 0.5) is 0 Å². The second kappa shape index (κ2) is 7.30. The van der Waals surface area contributed by atoms with Crippen molar-refractivity contribution < 1.29 is 9.84 Å². The fraction of sp³-hybridized carbons (Fsp3) is 0.571. The van der Waals surface area contributed by atoms with Crippen LogP contribution in [0.2, 0.25) is 0 Å². The van der Waals surface area contributed by atoms with Crippen LogP contribution in [-0.4, -0.2) is 43.4 Å². The maximum atomic E-state index is 9.56. The first-order valence-electron chi connectivity index (χ1n) is 6.15. The maximum absolute atomic E-state index is 9.56. The van der Waals surface area contributed by atoms with Gasteiger partial charge in [-0.25, -0.2) is 0 Å². The molecular formula is C14H23NO2. The Balaban J connectivity index is 2.44. The van der Waals surface area contributed by atoms with Crippen molar-refractivity contribution in [1.29, 1.82) is 0 Å². The van der Waals surface area contributed by atoms with Gasteiger partial charge < -0.3 is 14.7 Å². The Bertz CT molecular complexity index is 328. The first-order chi connectivity index (χ1) is 8.17. The molecule has 0 aliphatic heterocycles. The molecule has 1 atom stereocenters. The Kier molecular flexibility index (Phi) is 6.01. The molecule has 1 aromatic rings. The van der Waals surface area contributed by atoms with E-state index < -0.39 is 0 Å². The molecule has 17 heavy (non-hydrogen) atoms. The van der Waals surface area contributed by atoms with E-state index in [-0.39, 0.29) is 6.10 Å². The van der Waals surface area contributed by atoms with Gasteiger partial charge >= 0.3 is 0 Å². The minimum Gasteiger partial charge on any atom is -0.496 e. The lowest BCUT2D eigenvalue weighted by Crippen LogP contribution is -2.30. The molecule has 0 bridgehead atoms. The number of methoxy groups -OCH3 is 1. The number of benzene rings is 1. The van der Waals surface area contributed by atoms with Gasteiger partial charge in [0.25, 0.3) is 0 Å². The van der Waals surface area contributed by atoms with E-state index in [0.29, 0.717) is 0 Å². The molecule has 3 nitrogen and oxygen atoms in total. The summed E-state index contributed by atoms with van der Waals surface area (Å²) in [6.45, 7) is 3.65. The van der Waals surface area contributed by atoms with Gasteiger partial charge in [-0.3, -0.25) is 0 Å². The number of aliphatic hydroxyl groups is 1. The standard InChI is InChI=1S/C14H23NO2/c1-4-13(16)11-15(2)10-9-12-7-5-6-8-14(12)17-3/h5-8,13,16H,4,9-11H2,1-3H3. The number of para-hydroxylation sites is 1. The van der Waals surface area contributed by atoms with E-state index >= 15 is 0 Å². The number of nitrogens with zero attached hydrogens (tertiary/aromatic N) is 1. The van der Waals surface area contributed by atoms with Crippen LogP contribution in [0.3, 0.4) is 0 Å². The molecule has 0 saturated carbocycles. The number of rotatable bonds is 7. The molecular weight excluding hydrogens is 214 g/mol. The van der Waals surface area contributed by atoms with E-state index in [1.54, 1.807) is 7.11 Å². The first kappa shape index (κ1) is 14.0. The Labute approximate surface area is 104 Å². The predicted octanol–water partition coefficient (Wildman–Crippen LogP) is 1.94. The molecule has 0 radical (unpaired) electrons. The predicted molar refractivity (Wildman–Crippen MR) is 70.5 cm³/mol. The second-order valence-corrected chi connectivity index (χ2v) is 4.39. The molecule has 96 valence electrons. The van der Waals surface area contributed by atoms with E-state index in [9.17, 15) is 5.11 Å². The van der Waals surface area contributed by atoms with Gasteiger partial charge in [0.15, 0.2) is 0 Å². The summed E-state index contributed by atoms with van der Waals surface area (Å²) >= 11 is 0. The molecule has 0 heterocycles. The SMILES string of the molecule is CCC(O)CN(C)CCc1ccccc1OC. The summed E-state index contributed by atoms with van der Waals surface area (Å²) < 4.78 is 5.31. The molecule has 3 heteroatoms. The van der Waals surface area contributed by atoms with Crippen LogP contribution < -0.4 is 4.74 Å². The fourth-order valence-corrected chi connectivity index (χ4v) is 1.80. The monoisotopic (exact) mass is 237 g/mol. The van der Waals surface area contributed by atoms with E-state index in [4.69, 9.17) is 4.74 Å². The molecule has 1 N–H and O–H groups in total. The second-order valence-electron chi connectivity index (χ2n) is 4.39.